The van der Waals surface area contributed by atoms with E-state index in [1.54, 1.807) is 0 Å². The molecule has 12 nitrogen and oxygen atoms in total. The number of carbonyl (C=O) groups is 2. The van der Waals surface area contributed by atoms with Crippen LogP contribution in [0.3, 0.4) is 0 Å². The van der Waals surface area contributed by atoms with Crippen molar-refractivity contribution in [2.24, 2.45) is 0 Å². The van der Waals surface area contributed by atoms with E-state index in [0.717, 1.165) is 89.9 Å². The van der Waals surface area contributed by atoms with Crippen molar-refractivity contribution in [2.75, 3.05) is 19.0 Å². The molecule has 6 unspecified atom stereocenters. The van der Waals surface area contributed by atoms with Crippen molar-refractivity contribution in [3.63, 3.8) is 0 Å². The predicted octanol–water partition coefficient (Wildman–Crippen LogP) is 8.39. The molecule has 330 valence electrons. The Bertz CT molecular complexity index is 1250. The molecule has 13 heteroatoms. The lowest BCUT2D eigenvalue weighted by Crippen LogP contribution is -2.60. The summed E-state index contributed by atoms with van der Waals surface area (Å²) < 4.78 is 54.0. The number of aliphatic hydroxyl groups is 3. The Morgan fingerprint density at radius 3 is 1.60 bits per heavy atom. The van der Waals surface area contributed by atoms with Crippen LogP contribution >= 0.6 is 0 Å². The van der Waals surface area contributed by atoms with E-state index in [1.165, 1.54) is 32.1 Å². The first kappa shape index (κ1) is 52.6. The Morgan fingerprint density at radius 1 is 0.596 bits per heavy atom. The number of aliphatic hydroxyl groups excluding tert-OH is 3. The van der Waals surface area contributed by atoms with Crippen molar-refractivity contribution >= 4 is 22.1 Å². The summed E-state index contributed by atoms with van der Waals surface area (Å²) in [6.45, 7) is 3.65. The number of ether oxygens (including phenoxy) is 4. The molecule has 0 saturated carbocycles. The summed E-state index contributed by atoms with van der Waals surface area (Å²) in [4.78, 5) is 25.3. The van der Waals surface area contributed by atoms with Gasteiger partial charge in [0, 0.05) is 12.8 Å². The van der Waals surface area contributed by atoms with Gasteiger partial charge in [-0.25, -0.2) is 0 Å². The van der Waals surface area contributed by atoms with E-state index in [2.05, 4.69) is 62.5 Å². The number of allylic oxidation sites excluding steroid dienone is 8. The summed E-state index contributed by atoms with van der Waals surface area (Å²) in [7, 11) is -4.60. The fourth-order valence-corrected chi connectivity index (χ4v) is 6.88. The summed E-state index contributed by atoms with van der Waals surface area (Å²) in [6, 6.07) is 0. The Balaban J connectivity index is 2.50. The van der Waals surface area contributed by atoms with E-state index in [4.69, 9.17) is 18.9 Å². The Kier molecular flexibility index (Phi) is 31.8. The average Bonchev–Trinajstić information content (AvgIpc) is 3.17. The van der Waals surface area contributed by atoms with Gasteiger partial charge >= 0.3 is 11.9 Å². The maximum atomic E-state index is 12.8. The molecule has 1 aliphatic rings. The number of hydrogen-bond acceptors (Lipinski definition) is 11. The van der Waals surface area contributed by atoms with Gasteiger partial charge in [0.15, 0.2) is 12.4 Å². The van der Waals surface area contributed by atoms with Crippen LogP contribution in [0, 0.1) is 0 Å². The SMILES string of the molecule is CCCC/C=C\C/C=C\CCCCCCCC(=O)OCC(COC1OC(CS(=O)(=O)O)C(O)C(O)C1O)OC(=O)CCCCCCC/C=C\C/C=C\CCCCC. The molecule has 0 radical (unpaired) electrons. The zero-order chi connectivity index (χ0) is 42.0. The van der Waals surface area contributed by atoms with Crippen molar-refractivity contribution in [2.45, 2.75) is 198 Å². The Labute approximate surface area is 343 Å². The standard InChI is InChI=1S/C44H76O12S/c1-3-5-7-9-11-13-15-17-19-21-23-25-27-29-31-33-40(46)55-37(35-54-44-43(49)42(48)41(47)38(56-44)36-57(50,51)52)34-53-39(45)32-30-28-26-24-22-20-18-16-14-12-10-8-6-4-2/h10-13,16-19,37-38,41-44,47-49H,3-9,14-15,20-36H2,1-2H3,(H,50,51,52)/b12-10-,13-11-,18-16-,19-17-. The predicted molar refractivity (Wildman–Crippen MR) is 224 cm³/mol. The van der Waals surface area contributed by atoms with Gasteiger partial charge in [0.25, 0.3) is 10.1 Å². The van der Waals surface area contributed by atoms with Crippen LogP contribution < -0.4 is 0 Å². The fraction of sp³-hybridized carbons (Fsp3) is 0.773. The molecule has 6 atom stereocenters. The first-order valence-corrected chi connectivity index (χ1v) is 23.3. The smallest absolute Gasteiger partial charge is 0.306 e. The van der Waals surface area contributed by atoms with Crippen LogP contribution in [0.4, 0.5) is 0 Å². The molecule has 0 aromatic rings. The second kappa shape index (κ2) is 34.5. The van der Waals surface area contributed by atoms with E-state index in [-0.39, 0.29) is 19.4 Å². The lowest BCUT2D eigenvalue weighted by atomic mass is 10.00. The largest absolute Gasteiger partial charge is 0.462 e. The normalized spacial score (nSPS) is 21.0. The summed E-state index contributed by atoms with van der Waals surface area (Å²) in [6.07, 6.45) is 30.1. The summed E-state index contributed by atoms with van der Waals surface area (Å²) in [5.74, 6) is -2.02. The number of hydrogen-bond donors (Lipinski definition) is 4. The van der Waals surface area contributed by atoms with Gasteiger partial charge in [-0.3, -0.25) is 14.1 Å². The lowest BCUT2D eigenvalue weighted by Gasteiger charge is -2.40. The maximum absolute atomic E-state index is 12.8. The molecule has 1 aliphatic heterocycles. The van der Waals surface area contributed by atoms with Gasteiger partial charge in [0.1, 0.15) is 36.8 Å². The van der Waals surface area contributed by atoms with Crippen LogP contribution in [-0.2, 0) is 38.7 Å². The first-order valence-electron chi connectivity index (χ1n) is 21.7. The molecule has 0 aromatic carbocycles. The van der Waals surface area contributed by atoms with Gasteiger partial charge in [-0.15, -0.1) is 0 Å². The highest BCUT2D eigenvalue weighted by molar-refractivity contribution is 7.85. The van der Waals surface area contributed by atoms with Crippen molar-refractivity contribution in [3.05, 3.63) is 48.6 Å². The zero-order valence-corrected chi connectivity index (χ0v) is 35.7. The topological polar surface area (TPSA) is 186 Å². The summed E-state index contributed by atoms with van der Waals surface area (Å²) >= 11 is 0. The summed E-state index contributed by atoms with van der Waals surface area (Å²) in [5, 5.41) is 30.8. The van der Waals surface area contributed by atoms with Crippen molar-refractivity contribution in [1.82, 2.24) is 0 Å². The highest BCUT2D eigenvalue weighted by atomic mass is 32.2. The quantitative estimate of drug-likeness (QED) is 0.0207. The van der Waals surface area contributed by atoms with E-state index in [1.807, 2.05) is 0 Å². The van der Waals surface area contributed by atoms with E-state index in [0.29, 0.717) is 12.8 Å². The molecule has 1 rings (SSSR count). The zero-order valence-electron chi connectivity index (χ0n) is 34.9. The molecule has 1 heterocycles. The highest BCUT2D eigenvalue weighted by Gasteiger charge is 2.46. The van der Waals surface area contributed by atoms with Gasteiger partial charge in [0.2, 0.25) is 0 Å². The molecule has 0 aliphatic carbocycles. The fourth-order valence-electron chi connectivity index (χ4n) is 6.19. The first-order chi connectivity index (χ1) is 27.5. The lowest BCUT2D eigenvalue weighted by molar-refractivity contribution is -0.297. The number of rotatable bonds is 35. The minimum Gasteiger partial charge on any atom is -0.462 e. The van der Waals surface area contributed by atoms with Gasteiger partial charge in [-0.2, -0.15) is 8.42 Å². The van der Waals surface area contributed by atoms with E-state index >= 15 is 0 Å². The van der Waals surface area contributed by atoms with E-state index < -0.39 is 71.2 Å². The van der Waals surface area contributed by atoms with Crippen LogP contribution in [0.25, 0.3) is 0 Å². The van der Waals surface area contributed by atoms with Crippen LogP contribution in [0.2, 0.25) is 0 Å². The third-order valence-corrected chi connectivity index (χ3v) is 10.4. The van der Waals surface area contributed by atoms with Crippen molar-refractivity contribution in [1.29, 1.82) is 0 Å². The second-order valence-corrected chi connectivity index (χ2v) is 16.5. The van der Waals surface area contributed by atoms with Crippen molar-refractivity contribution in [3.8, 4) is 0 Å². The van der Waals surface area contributed by atoms with E-state index in [9.17, 15) is 37.9 Å². The number of carbonyl (C=O) groups excluding carboxylic acids is 2. The van der Waals surface area contributed by atoms with Gasteiger partial charge in [-0.1, -0.05) is 127 Å². The molecule has 1 saturated heterocycles. The van der Waals surface area contributed by atoms with Crippen LogP contribution in [0.15, 0.2) is 48.6 Å². The van der Waals surface area contributed by atoms with Gasteiger partial charge in [0.05, 0.1) is 6.61 Å². The minimum absolute atomic E-state index is 0.144. The average molecular weight is 829 g/mol. The molecule has 4 N–H and O–H groups in total. The van der Waals surface area contributed by atoms with Crippen LogP contribution in [0.1, 0.15) is 162 Å². The molecule has 0 spiro atoms. The highest BCUT2D eigenvalue weighted by Crippen LogP contribution is 2.24. The van der Waals surface area contributed by atoms with Gasteiger partial charge in [-0.05, 0) is 70.6 Å². The molecule has 1 fully saturated rings. The molecule has 0 bridgehead atoms. The monoisotopic (exact) mass is 829 g/mol. The Morgan fingerprint density at radius 2 is 1.07 bits per heavy atom. The molecular formula is C44H76O12S. The van der Waals surface area contributed by atoms with Gasteiger partial charge < -0.3 is 34.3 Å². The molecule has 0 aromatic heterocycles. The van der Waals surface area contributed by atoms with Crippen molar-refractivity contribution < 1.29 is 56.8 Å². The molecule has 0 amide bonds. The second-order valence-electron chi connectivity index (χ2n) is 15.0. The molecule has 57 heavy (non-hydrogen) atoms. The third-order valence-electron chi connectivity index (χ3n) is 9.63. The van der Waals surface area contributed by atoms with Crippen LogP contribution in [0.5, 0.6) is 0 Å². The Hall–Kier alpha value is -2.39. The number of esters is 2. The number of unbranched alkanes of at least 4 members (excludes halogenated alkanes) is 15. The summed E-state index contributed by atoms with van der Waals surface area (Å²) in [5.41, 5.74) is 0. The third kappa shape index (κ3) is 29.5. The van der Waals surface area contributed by atoms with Crippen LogP contribution in [-0.4, -0.2) is 96.0 Å². The minimum atomic E-state index is -4.60. The maximum Gasteiger partial charge on any atom is 0.306 e. The molecular weight excluding hydrogens is 753 g/mol.